The van der Waals surface area contributed by atoms with Gasteiger partial charge in [0.1, 0.15) is 0 Å². The molecule has 0 aliphatic heterocycles. The average molecular weight is 444 g/mol. The number of amides is 3. The van der Waals surface area contributed by atoms with E-state index in [1.807, 2.05) is 6.07 Å². The number of urea groups is 1. The summed E-state index contributed by atoms with van der Waals surface area (Å²) < 4.78 is 27.0. The zero-order valence-electron chi connectivity index (χ0n) is 17.5. The van der Waals surface area contributed by atoms with Gasteiger partial charge in [0.15, 0.2) is 0 Å². The van der Waals surface area contributed by atoms with Crippen LogP contribution in [0.15, 0.2) is 59.5 Å². The molecule has 1 aliphatic carbocycles. The van der Waals surface area contributed by atoms with E-state index in [0.29, 0.717) is 18.0 Å². The van der Waals surface area contributed by atoms with Crippen LogP contribution in [0.1, 0.15) is 54.4 Å². The van der Waals surface area contributed by atoms with Crippen molar-refractivity contribution < 1.29 is 18.0 Å². The van der Waals surface area contributed by atoms with Crippen LogP contribution in [0, 0.1) is 5.92 Å². The fourth-order valence-electron chi connectivity index (χ4n) is 3.68. The van der Waals surface area contributed by atoms with E-state index in [1.54, 1.807) is 36.4 Å². The molecule has 166 valence electrons. The third-order valence-electron chi connectivity index (χ3n) is 5.48. The van der Waals surface area contributed by atoms with E-state index >= 15 is 0 Å². The minimum atomic E-state index is -3.96. The van der Waals surface area contributed by atoms with E-state index in [1.165, 1.54) is 25.0 Å². The summed E-state index contributed by atoms with van der Waals surface area (Å²) in [4.78, 5) is 24.2. The molecule has 3 rings (SSSR count). The maximum absolute atomic E-state index is 12.5. The Morgan fingerprint density at radius 2 is 1.48 bits per heavy atom. The Labute approximate surface area is 183 Å². The summed E-state index contributed by atoms with van der Waals surface area (Å²) >= 11 is 0. The molecular weight excluding hydrogens is 414 g/mol. The van der Waals surface area contributed by atoms with Gasteiger partial charge in [-0.15, -0.1) is 0 Å². The third kappa shape index (κ3) is 7.10. The van der Waals surface area contributed by atoms with Crippen molar-refractivity contribution in [3.05, 3.63) is 65.7 Å². The van der Waals surface area contributed by atoms with Gasteiger partial charge in [-0.3, -0.25) is 4.79 Å². The number of rotatable bonds is 7. The summed E-state index contributed by atoms with van der Waals surface area (Å²) in [6.45, 7) is 0.755. The number of carbonyl (C=O) groups is 2. The van der Waals surface area contributed by atoms with Crippen LogP contribution in [0.2, 0.25) is 0 Å². The molecule has 1 fully saturated rings. The Balaban J connectivity index is 1.49. The molecule has 0 atom stereocenters. The summed E-state index contributed by atoms with van der Waals surface area (Å²) in [5.74, 6) is 0.200. The molecule has 3 N–H and O–H groups in total. The number of hydrogen-bond acceptors (Lipinski definition) is 4. The van der Waals surface area contributed by atoms with E-state index < -0.39 is 16.1 Å². The van der Waals surface area contributed by atoms with Gasteiger partial charge in [-0.05, 0) is 48.6 Å². The molecule has 8 heteroatoms. The fourth-order valence-corrected chi connectivity index (χ4v) is 4.61. The molecule has 0 bridgehead atoms. The highest BCUT2D eigenvalue weighted by Gasteiger charge is 2.19. The Bertz CT molecular complexity index is 968. The molecule has 0 aromatic heterocycles. The molecule has 31 heavy (non-hydrogen) atoms. The summed E-state index contributed by atoms with van der Waals surface area (Å²) in [6, 6.07) is 14.2. The number of benzene rings is 2. The largest absolute Gasteiger partial charge is 0.348 e. The van der Waals surface area contributed by atoms with Crippen molar-refractivity contribution in [3.8, 4) is 0 Å². The van der Waals surface area contributed by atoms with Crippen LogP contribution in [0.3, 0.4) is 0 Å². The number of carbonyl (C=O) groups excluding carboxylic acids is 2. The van der Waals surface area contributed by atoms with Gasteiger partial charge in [0, 0.05) is 18.7 Å². The van der Waals surface area contributed by atoms with Crippen molar-refractivity contribution in [1.29, 1.82) is 0 Å². The standard InChI is InChI=1S/C23H29N3O4S/c27-22(20-10-6-3-7-11-20)24-16-19-12-14-21(15-13-19)31(29,30)26-23(28)25-17-18-8-4-1-2-5-9-18/h3,6-7,10-15,18H,1-2,4-5,8-9,16-17H2,(H,24,27)(H2,25,26,28). The zero-order chi connectivity index (χ0) is 22.1. The lowest BCUT2D eigenvalue weighted by Gasteiger charge is -2.15. The van der Waals surface area contributed by atoms with Crippen molar-refractivity contribution in [2.75, 3.05) is 6.54 Å². The average Bonchev–Trinajstić information content (AvgIpc) is 3.05. The molecule has 1 saturated carbocycles. The van der Waals surface area contributed by atoms with Crippen LogP contribution in [0.4, 0.5) is 4.79 Å². The fraction of sp³-hybridized carbons (Fsp3) is 0.391. The lowest BCUT2D eigenvalue weighted by Crippen LogP contribution is -2.41. The van der Waals surface area contributed by atoms with Crippen molar-refractivity contribution in [3.63, 3.8) is 0 Å². The second kappa shape index (κ2) is 10.9. The second-order valence-electron chi connectivity index (χ2n) is 7.87. The Morgan fingerprint density at radius 3 is 2.13 bits per heavy atom. The minimum absolute atomic E-state index is 0.00440. The van der Waals surface area contributed by atoms with Crippen LogP contribution in [0.25, 0.3) is 0 Å². The number of sulfonamides is 1. The highest BCUT2D eigenvalue weighted by Crippen LogP contribution is 2.22. The summed E-state index contributed by atoms with van der Waals surface area (Å²) in [7, 11) is -3.96. The predicted molar refractivity (Wildman–Crippen MR) is 119 cm³/mol. The van der Waals surface area contributed by atoms with Crippen molar-refractivity contribution >= 4 is 22.0 Å². The minimum Gasteiger partial charge on any atom is -0.348 e. The van der Waals surface area contributed by atoms with E-state index in [-0.39, 0.29) is 17.3 Å². The second-order valence-corrected chi connectivity index (χ2v) is 9.55. The molecule has 2 aromatic rings. The van der Waals surface area contributed by atoms with E-state index in [9.17, 15) is 18.0 Å². The molecule has 2 aromatic carbocycles. The maximum Gasteiger partial charge on any atom is 0.328 e. The van der Waals surface area contributed by atoms with Crippen molar-refractivity contribution in [1.82, 2.24) is 15.4 Å². The van der Waals surface area contributed by atoms with Crippen molar-refractivity contribution in [2.45, 2.75) is 50.0 Å². The SMILES string of the molecule is O=C(NCC1CCCCCC1)NS(=O)(=O)c1ccc(CNC(=O)c2ccccc2)cc1. The van der Waals surface area contributed by atoms with Crippen LogP contribution in [-0.2, 0) is 16.6 Å². The van der Waals surface area contributed by atoms with Gasteiger partial charge in [-0.1, -0.05) is 56.0 Å². The molecule has 0 radical (unpaired) electrons. The van der Waals surface area contributed by atoms with Crippen molar-refractivity contribution in [2.24, 2.45) is 5.92 Å². The molecule has 0 heterocycles. The van der Waals surface area contributed by atoms with Crippen LogP contribution in [0.5, 0.6) is 0 Å². The Kier molecular flexibility index (Phi) is 8.06. The van der Waals surface area contributed by atoms with Gasteiger partial charge in [0.25, 0.3) is 15.9 Å². The summed E-state index contributed by atoms with van der Waals surface area (Å²) in [5, 5.41) is 5.48. The van der Waals surface area contributed by atoms with Crippen LogP contribution < -0.4 is 15.4 Å². The monoisotopic (exact) mass is 443 g/mol. The normalized spacial score (nSPS) is 15.0. The third-order valence-corrected chi connectivity index (χ3v) is 6.82. The topological polar surface area (TPSA) is 104 Å². The summed E-state index contributed by atoms with van der Waals surface area (Å²) in [5.41, 5.74) is 1.31. The summed E-state index contributed by atoms with van der Waals surface area (Å²) in [6.07, 6.45) is 6.89. The smallest absolute Gasteiger partial charge is 0.328 e. The molecule has 1 aliphatic rings. The highest BCUT2D eigenvalue weighted by molar-refractivity contribution is 7.90. The molecule has 0 unspecified atom stereocenters. The quantitative estimate of drug-likeness (QED) is 0.569. The van der Waals surface area contributed by atoms with E-state index in [0.717, 1.165) is 31.2 Å². The van der Waals surface area contributed by atoms with Gasteiger partial charge < -0.3 is 10.6 Å². The zero-order valence-corrected chi connectivity index (χ0v) is 18.3. The molecule has 7 nitrogen and oxygen atoms in total. The van der Waals surface area contributed by atoms with Gasteiger partial charge in [0.05, 0.1) is 4.90 Å². The first-order valence-electron chi connectivity index (χ1n) is 10.7. The number of hydrogen-bond donors (Lipinski definition) is 3. The van der Waals surface area contributed by atoms with Crippen LogP contribution >= 0.6 is 0 Å². The molecule has 3 amide bonds. The van der Waals surface area contributed by atoms with E-state index in [2.05, 4.69) is 15.4 Å². The number of nitrogens with one attached hydrogen (secondary N) is 3. The first-order chi connectivity index (χ1) is 14.9. The molecule has 0 spiro atoms. The van der Waals surface area contributed by atoms with E-state index in [4.69, 9.17) is 0 Å². The van der Waals surface area contributed by atoms with Crippen LogP contribution in [-0.4, -0.2) is 26.9 Å². The highest BCUT2D eigenvalue weighted by atomic mass is 32.2. The van der Waals surface area contributed by atoms with Gasteiger partial charge in [0.2, 0.25) is 0 Å². The first-order valence-corrected chi connectivity index (χ1v) is 12.2. The maximum atomic E-state index is 12.5. The lowest BCUT2D eigenvalue weighted by atomic mass is 10.0. The Hall–Kier alpha value is -2.87. The predicted octanol–water partition coefficient (Wildman–Crippen LogP) is 3.57. The molecular formula is C23H29N3O4S. The first kappa shape index (κ1) is 22.8. The van der Waals surface area contributed by atoms with Gasteiger partial charge >= 0.3 is 6.03 Å². The van der Waals surface area contributed by atoms with Gasteiger partial charge in [-0.25, -0.2) is 17.9 Å². The molecule has 0 saturated heterocycles. The van der Waals surface area contributed by atoms with Gasteiger partial charge in [-0.2, -0.15) is 0 Å². The Morgan fingerprint density at radius 1 is 0.839 bits per heavy atom. The lowest BCUT2D eigenvalue weighted by molar-refractivity contribution is 0.0951.